The van der Waals surface area contributed by atoms with Crippen molar-refractivity contribution in [2.45, 2.75) is 26.0 Å². The van der Waals surface area contributed by atoms with Crippen LogP contribution >= 0.6 is 0 Å². The van der Waals surface area contributed by atoms with Gasteiger partial charge in [0.2, 0.25) is 0 Å². The number of nitrogens with zero attached hydrogens (tertiary/aromatic N) is 1. The Morgan fingerprint density at radius 2 is 1.97 bits per heavy atom. The molecular formula is C23H23FN2O3. The number of aliphatic hydroxyl groups excluding tert-OH is 1. The summed E-state index contributed by atoms with van der Waals surface area (Å²) in [4.78, 5) is 14.9. The van der Waals surface area contributed by atoms with Crippen LogP contribution in [-0.4, -0.2) is 35.6 Å². The molecule has 0 aliphatic carbocycles. The van der Waals surface area contributed by atoms with E-state index in [1.807, 2.05) is 6.07 Å². The second-order valence-corrected chi connectivity index (χ2v) is 8.03. The van der Waals surface area contributed by atoms with Crippen LogP contribution < -0.4 is 5.32 Å². The van der Waals surface area contributed by atoms with Gasteiger partial charge in [0.15, 0.2) is 0 Å². The Balaban J connectivity index is 1.41. The quantitative estimate of drug-likeness (QED) is 0.784. The summed E-state index contributed by atoms with van der Waals surface area (Å²) in [6, 6.07) is 10.5. The third-order valence-corrected chi connectivity index (χ3v) is 6.11. The molecule has 6 heteroatoms. The van der Waals surface area contributed by atoms with E-state index in [1.54, 1.807) is 6.07 Å². The average Bonchev–Trinajstić information content (AvgIpc) is 3.27. The largest absolute Gasteiger partial charge is 0.487 e. The molecular weight excluding hydrogens is 371 g/mol. The normalized spacial score (nSPS) is 21.7. The van der Waals surface area contributed by atoms with Crippen molar-refractivity contribution in [3.05, 3.63) is 64.5 Å². The number of piperidine rings is 1. The van der Waals surface area contributed by atoms with E-state index in [0.717, 1.165) is 43.6 Å². The van der Waals surface area contributed by atoms with Crippen LogP contribution in [-0.2, 0) is 22.7 Å². The van der Waals surface area contributed by atoms with Crippen molar-refractivity contribution >= 4 is 22.9 Å². The number of hydrogen-bond donors (Lipinski definition) is 2. The molecule has 0 aromatic heterocycles. The molecule has 0 unspecified atom stereocenters. The zero-order chi connectivity index (χ0) is 20.0. The molecule has 0 saturated carbocycles. The van der Waals surface area contributed by atoms with Gasteiger partial charge in [-0.1, -0.05) is 18.2 Å². The van der Waals surface area contributed by atoms with Gasteiger partial charge < -0.3 is 15.2 Å². The maximum absolute atomic E-state index is 13.7. The van der Waals surface area contributed by atoms with Crippen LogP contribution in [0.3, 0.4) is 0 Å². The summed E-state index contributed by atoms with van der Waals surface area (Å²) in [5.74, 6) is 0.317. The standard InChI is InChI=1S/C23H23FN2O3/c24-17-2-4-20-19(10-17)21(23(28)25-20)22-18-3-1-15(9-16(18)13-29-22)11-26-7-5-14(12-27)6-8-26/h1-4,9-10,14,27H,5-8,11-13H2,(H,25,28)/b22-21+. The van der Waals surface area contributed by atoms with Crippen LogP contribution in [0.15, 0.2) is 36.4 Å². The smallest absolute Gasteiger partial charge is 0.260 e. The molecule has 1 fully saturated rings. The second kappa shape index (κ2) is 7.28. The average molecular weight is 394 g/mol. The zero-order valence-corrected chi connectivity index (χ0v) is 16.1. The molecule has 3 aliphatic rings. The predicted molar refractivity (Wildman–Crippen MR) is 108 cm³/mol. The number of hydrogen-bond acceptors (Lipinski definition) is 4. The first-order chi connectivity index (χ1) is 14.1. The van der Waals surface area contributed by atoms with Gasteiger partial charge in [0, 0.05) is 35.5 Å². The van der Waals surface area contributed by atoms with E-state index in [0.29, 0.717) is 35.1 Å². The van der Waals surface area contributed by atoms with E-state index in [-0.39, 0.29) is 18.3 Å². The van der Waals surface area contributed by atoms with Gasteiger partial charge in [-0.15, -0.1) is 0 Å². The van der Waals surface area contributed by atoms with Crippen molar-refractivity contribution in [1.29, 1.82) is 0 Å². The van der Waals surface area contributed by atoms with Crippen molar-refractivity contribution in [2.75, 3.05) is 25.0 Å². The summed E-state index contributed by atoms with van der Waals surface area (Å²) in [6.07, 6.45) is 2.07. The molecule has 0 radical (unpaired) electrons. The first-order valence-electron chi connectivity index (χ1n) is 10.1. The van der Waals surface area contributed by atoms with Crippen molar-refractivity contribution in [1.82, 2.24) is 4.90 Å². The first kappa shape index (κ1) is 18.3. The van der Waals surface area contributed by atoms with Crippen LogP contribution in [0.5, 0.6) is 0 Å². The molecule has 2 aromatic carbocycles. The van der Waals surface area contributed by atoms with Crippen LogP contribution in [0.1, 0.15) is 35.1 Å². The fourth-order valence-corrected chi connectivity index (χ4v) is 4.47. The third-order valence-electron chi connectivity index (χ3n) is 6.11. The number of ether oxygens (including phenoxy) is 1. The minimum atomic E-state index is -0.378. The molecule has 5 nitrogen and oxygen atoms in total. The van der Waals surface area contributed by atoms with Gasteiger partial charge >= 0.3 is 0 Å². The Morgan fingerprint density at radius 3 is 2.76 bits per heavy atom. The molecule has 3 heterocycles. The molecule has 3 aliphatic heterocycles. The number of amides is 1. The van der Waals surface area contributed by atoms with Gasteiger partial charge in [0.25, 0.3) is 5.91 Å². The van der Waals surface area contributed by atoms with E-state index >= 15 is 0 Å². The van der Waals surface area contributed by atoms with Crippen molar-refractivity contribution in [3.63, 3.8) is 0 Å². The number of fused-ring (bicyclic) bond motifs is 2. The lowest BCUT2D eigenvalue weighted by molar-refractivity contribution is -0.110. The number of halogens is 1. The molecule has 0 atom stereocenters. The molecule has 0 spiro atoms. The predicted octanol–water partition coefficient (Wildman–Crippen LogP) is 3.38. The summed E-state index contributed by atoms with van der Waals surface area (Å²) in [6.45, 7) is 3.55. The highest BCUT2D eigenvalue weighted by atomic mass is 19.1. The minimum absolute atomic E-state index is 0.260. The lowest BCUT2D eigenvalue weighted by atomic mass is 9.96. The number of nitrogens with one attached hydrogen (secondary N) is 1. The van der Waals surface area contributed by atoms with Crippen LogP contribution in [0, 0.1) is 11.7 Å². The van der Waals surface area contributed by atoms with Gasteiger partial charge in [-0.05, 0) is 55.6 Å². The Hall–Kier alpha value is -2.70. The van der Waals surface area contributed by atoms with Gasteiger partial charge in [-0.2, -0.15) is 0 Å². The molecule has 150 valence electrons. The summed E-state index contributed by atoms with van der Waals surface area (Å²) in [5, 5.41) is 12.1. The van der Waals surface area contributed by atoms with E-state index in [9.17, 15) is 14.3 Å². The number of rotatable bonds is 3. The summed E-state index contributed by atoms with van der Waals surface area (Å²) in [7, 11) is 0. The molecule has 2 N–H and O–H groups in total. The maximum atomic E-state index is 13.7. The fourth-order valence-electron chi connectivity index (χ4n) is 4.47. The van der Waals surface area contributed by atoms with Crippen molar-refractivity contribution in [2.24, 2.45) is 5.92 Å². The van der Waals surface area contributed by atoms with E-state index in [2.05, 4.69) is 22.3 Å². The number of likely N-dealkylation sites (tertiary alicyclic amines) is 1. The second-order valence-electron chi connectivity index (χ2n) is 8.03. The highest BCUT2D eigenvalue weighted by Gasteiger charge is 2.33. The van der Waals surface area contributed by atoms with Crippen LogP contribution in [0.2, 0.25) is 0 Å². The number of aliphatic hydroxyl groups is 1. The highest BCUT2D eigenvalue weighted by molar-refractivity contribution is 6.36. The number of carbonyl (C=O) groups is 1. The lowest BCUT2D eigenvalue weighted by Crippen LogP contribution is -2.34. The Labute approximate surface area is 168 Å². The zero-order valence-electron chi connectivity index (χ0n) is 16.1. The molecule has 0 bridgehead atoms. The Kier molecular flexibility index (Phi) is 4.60. The van der Waals surface area contributed by atoms with Crippen molar-refractivity contribution < 1.29 is 19.0 Å². The molecule has 1 amide bonds. The molecule has 1 saturated heterocycles. The topological polar surface area (TPSA) is 61.8 Å². The molecule has 29 heavy (non-hydrogen) atoms. The van der Waals surface area contributed by atoms with E-state index in [1.165, 1.54) is 17.7 Å². The summed E-state index contributed by atoms with van der Waals surface area (Å²) in [5.41, 5.74) is 4.72. The monoisotopic (exact) mass is 394 g/mol. The number of anilines is 1. The Morgan fingerprint density at radius 1 is 1.14 bits per heavy atom. The third kappa shape index (κ3) is 3.32. The Bertz CT molecular complexity index is 1010. The van der Waals surface area contributed by atoms with Crippen LogP contribution in [0.25, 0.3) is 11.3 Å². The SMILES string of the molecule is O=C1Nc2ccc(F)cc2/C1=C1\OCc2cc(CN3CCC(CO)CC3)ccc21. The summed E-state index contributed by atoms with van der Waals surface area (Å²) < 4.78 is 19.6. The molecule has 2 aromatic rings. The minimum Gasteiger partial charge on any atom is -0.487 e. The van der Waals surface area contributed by atoms with Gasteiger partial charge in [0.1, 0.15) is 18.2 Å². The first-order valence-corrected chi connectivity index (χ1v) is 10.1. The number of benzene rings is 2. The lowest BCUT2D eigenvalue weighted by Gasteiger charge is -2.31. The number of carbonyl (C=O) groups excluding carboxylic acids is 1. The fraction of sp³-hybridized carbons (Fsp3) is 0.348. The van der Waals surface area contributed by atoms with E-state index in [4.69, 9.17) is 4.74 Å². The van der Waals surface area contributed by atoms with Crippen LogP contribution in [0.4, 0.5) is 10.1 Å². The van der Waals surface area contributed by atoms with Gasteiger partial charge in [-0.25, -0.2) is 4.39 Å². The van der Waals surface area contributed by atoms with Crippen molar-refractivity contribution in [3.8, 4) is 0 Å². The van der Waals surface area contributed by atoms with Gasteiger partial charge in [-0.3, -0.25) is 9.69 Å². The summed E-state index contributed by atoms with van der Waals surface area (Å²) >= 11 is 0. The van der Waals surface area contributed by atoms with E-state index < -0.39 is 0 Å². The van der Waals surface area contributed by atoms with Gasteiger partial charge in [0.05, 0.1) is 5.57 Å². The highest BCUT2D eigenvalue weighted by Crippen LogP contribution is 2.42. The maximum Gasteiger partial charge on any atom is 0.260 e. The molecule has 5 rings (SSSR count).